The van der Waals surface area contributed by atoms with Gasteiger partial charge in [-0.05, 0) is 70.6 Å². The first-order valence-electron chi connectivity index (χ1n) is 33.3. The van der Waals surface area contributed by atoms with E-state index < -0.39 is 20.0 Å². The lowest BCUT2D eigenvalue weighted by Gasteiger charge is -2.25. The van der Waals surface area contributed by atoms with Crippen LogP contribution in [0.4, 0.5) is 0 Å². The molecule has 0 radical (unpaired) electrons. The van der Waals surface area contributed by atoms with Gasteiger partial charge < -0.3 is 19.8 Å². The van der Waals surface area contributed by atoms with Crippen LogP contribution in [0.5, 0.6) is 0 Å². The van der Waals surface area contributed by atoms with E-state index in [1.807, 2.05) is 27.2 Å². The number of carbonyl (C=O) groups is 1. The summed E-state index contributed by atoms with van der Waals surface area (Å²) >= 11 is 0. The summed E-state index contributed by atoms with van der Waals surface area (Å²) in [6.45, 7) is 4.72. The van der Waals surface area contributed by atoms with Crippen molar-refractivity contribution in [1.29, 1.82) is 0 Å². The number of allylic oxidation sites excluding steroid dienone is 11. The maximum atomic E-state index is 13.0. The molecule has 0 spiro atoms. The highest BCUT2D eigenvalue weighted by Crippen LogP contribution is 2.43. The highest BCUT2D eigenvalue weighted by molar-refractivity contribution is 7.47. The second kappa shape index (κ2) is 59.6. The molecule has 0 fully saturated rings. The van der Waals surface area contributed by atoms with Gasteiger partial charge in [-0.15, -0.1) is 0 Å². The molecule has 3 atom stereocenters. The molecule has 0 aliphatic heterocycles. The smallest absolute Gasteiger partial charge is 0.387 e. The number of unbranched alkanes of at least 4 members (excludes halogenated alkanes) is 38. The number of amides is 1. The van der Waals surface area contributed by atoms with Gasteiger partial charge in [0.25, 0.3) is 0 Å². The summed E-state index contributed by atoms with van der Waals surface area (Å²) in [5.74, 6) is -0.183. The number of carbonyl (C=O) groups excluding carboxylic acids is 1. The fraction of sp³-hybridized carbons (Fsp3) is 0.812. The number of rotatable bonds is 61. The molecule has 9 heteroatoms. The van der Waals surface area contributed by atoms with Crippen molar-refractivity contribution in [3.63, 3.8) is 0 Å². The summed E-state index contributed by atoms with van der Waals surface area (Å²) in [4.78, 5) is 23.4. The van der Waals surface area contributed by atoms with Gasteiger partial charge in [0, 0.05) is 6.42 Å². The topological polar surface area (TPSA) is 105 Å². The number of quaternary nitrogens is 1. The molecule has 78 heavy (non-hydrogen) atoms. The average molecular weight is 1110 g/mol. The van der Waals surface area contributed by atoms with E-state index in [4.69, 9.17) is 9.05 Å². The number of nitrogens with zero attached hydrogens (tertiary/aromatic N) is 1. The largest absolute Gasteiger partial charge is 0.472 e. The summed E-state index contributed by atoms with van der Waals surface area (Å²) in [7, 11) is 1.56. The van der Waals surface area contributed by atoms with Crippen LogP contribution in [-0.2, 0) is 18.4 Å². The van der Waals surface area contributed by atoms with E-state index in [2.05, 4.69) is 79.9 Å². The van der Waals surface area contributed by atoms with E-state index in [1.54, 1.807) is 6.08 Å². The third-order valence-corrected chi connectivity index (χ3v) is 15.9. The molecule has 3 unspecified atom stereocenters. The van der Waals surface area contributed by atoms with Crippen molar-refractivity contribution >= 4 is 13.7 Å². The van der Waals surface area contributed by atoms with Gasteiger partial charge in [0.05, 0.1) is 39.9 Å². The van der Waals surface area contributed by atoms with E-state index in [0.717, 1.165) is 64.2 Å². The highest BCUT2D eigenvalue weighted by atomic mass is 31.2. The van der Waals surface area contributed by atoms with Crippen LogP contribution < -0.4 is 5.32 Å². The Morgan fingerprint density at radius 2 is 0.782 bits per heavy atom. The summed E-state index contributed by atoms with van der Waals surface area (Å²) in [5.41, 5.74) is 0. The number of aliphatic hydroxyl groups excluding tert-OH is 1. The standard InChI is InChI=1S/C69H129N2O6P/c1-6-8-10-12-14-16-18-20-22-24-26-28-29-30-31-32-33-34-35-36-37-38-39-40-41-43-45-47-49-51-53-55-57-59-61-63-69(73)70-67(66-77-78(74,75)76-65-64-71(3,4)5)68(72)62-60-58-56-54-52-50-48-46-44-42-27-25-23-21-19-17-15-13-11-9-7-2/h8,10,14,16,20,22,26,28,52,54,60,62,67-68,72H,6-7,9,11-13,15,17-19,21,23-25,27,29-51,53,55-59,61,63-66H2,1-5H3,(H-,70,73,74,75)/p+1/b10-8-,16-14-,22-20-,28-26-,54-52+,62-60+. The van der Waals surface area contributed by atoms with Gasteiger partial charge in [-0.25, -0.2) is 4.57 Å². The fourth-order valence-corrected chi connectivity index (χ4v) is 10.5. The Kier molecular flexibility index (Phi) is 58.0. The zero-order valence-corrected chi connectivity index (χ0v) is 53.0. The Morgan fingerprint density at radius 3 is 1.18 bits per heavy atom. The summed E-state index contributed by atoms with van der Waals surface area (Å²) < 4.78 is 23.8. The number of phosphoric acid groups is 1. The Labute approximate surface area is 484 Å². The monoisotopic (exact) mass is 1110 g/mol. The molecule has 0 heterocycles. The number of hydrogen-bond donors (Lipinski definition) is 3. The zero-order chi connectivity index (χ0) is 57.0. The van der Waals surface area contributed by atoms with Crippen LogP contribution >= 0.6 is 7.82 Å². The molecule has 3 N–H and O–H groups in total. The predicted octanol–water partition coefficient (Wildman–Crippen LogP) is 21.0. The molecule has 8 nitrogen and oxygen atoms in total. The van der Waals surface area contributed by atoms with E-state index in [-0.39, 0.29) is 19.1 Å². The molecule has 0 aromatic carbocycles. The van der Waals surface area contributed by atoms with Crippen molar-refractivity contribution in [3.8, 4) is 0 Å². The van der Waals surface area contributed by atoms with Crippen LogP contribution in [0.25, 0.3) is 0 Å². The molecule has 456 valence electrons. The molecule has 1 amide bonds. The average Bonchev–Trinajstić information content (AvgIpc) is 3.41. The molecule has 0 saturated heterocycles. The number of likely N-dealkylation sites (N-methyl/N-ethyl adjacent to an activating group) is 1. The van der Waals surface area contributed by atoms with Crippen molar-refractivity contribution in [2.45, 2.75) is 321 Å². The van der Waals surface area contributed by atoms with Crippen molar-refractivity contribution in [1.82, 2.24) is 5.32 Å². The predicted molar refractivity (Wildman–Crippen MR) is 341 cm³/mol. The van der Waals surface area contributed by atoms with Crippen LogP contribution in [0.2, 0.25) is 0 Å². The van der Waals surface area contributed by atoms with Gasteiger partial charge in [-0.1, -0.05) is 305 Å². The van der Waals surface area contributed by atoms with Crippen LogP contribution in [0, 0.1) is 0 Å². The molecule has 0 aliphatic carbocycles. The Bertz CT molecular complexity index is 1500. The normalized spacial score (nSPS) is 14.2. The van der Waals surface area contributed by atoms with Crippen molar-refractivity contribution in [2.75, 3.05) is 40.9 Å². The maximum Gasteiger partial charge on any atom is 0.472 e. The molecular weight excluding hydrogens is 984 g/mol. The van der Waals surface area contributed by atoms with E-state index in [0.29, 0.717) is 17.4 Å². The second-order valence-electron chi connectivity index (χ2n) is 23.8. The van der Waals surface area contributed by atoms with Crippen LogP contribution in [0.3, 0.4) is 0 Å². The van der Waals surface area contributed by atoms with Gasteiger partial charge in [-0.2, -0.15) is 0 Å². The SMILES string of the molecule is CC/C=C\C/C=C\C/C=C\C/C=C\CCCCCCCCCCCCCCCCCCCCCCCCC(=O)NC(COP(=O)(O)OCC[N+](C)(C)C)C(O)/C=C/CC/C=C/CCCCCCCCCCCCCCCCC. The Morgan fingerprint density at radius 1 is 0.449 bits per heavy atom. The minimum absolute atomic E-state index is 0.0562. The molecule has 0 saturated carbocycles. The lowest BCUT2D eigenvalue weighted by molar-refractivity contribution is -0.870. The maximum absolute atomic E-state index is 13.0. The summed E-state index contributed by atoms with van der Waals surface area (Å²) in [6, 6.07) is -0.865. The van der Waals surface area contributed by atoms with Crippen LogP contribution in [0.1, 0.15) is 309 Å². The molecule has 0 aromatic rings. The zero-order valence-electron chi connectivity index (χ0n) is 52.2. The van der Waals surface area contributed by atoms with Gasteiger partial charge >= 0.3 is 7.82 Å². The summed E-state index contributed by atoms with van der Waals surface area (Å²) in [5, 5.41) is 14.0. The Balaban J connectivity index is 4.05. The lowest BCUT2D eigenvalue weighted by Crippen LogP contribution is -2.45. The Hall–Kier alpha value is -2.06. The van der Waals surface area contributed by atoms with Crippen molar-refractivity contribution in [2.24, 2.45) is 0 Å². The van der Waals surface area contributed by atoms with Crippen LogP contribution in [0.15, 0.2) is 72.9 Å². The van der Waals surface area contributed by atoms with E-state index in [9.17, 15) is 19.4 Å². The molecular formula is C69H130N2O6P+. The highest BCUT2D eigenvalue weighted by Gasteiger charge is 2.28. The van der Waals surface area contributed by atoms with Crippen LogP contribution in [-0.4, -0.2) is 73.4 Å². The number of hydrogen-bond acceptors (Lipinski definition) is 5. The first-order valence-corrected chi connectivity index (χ1v) is 34.8. The van der Waals surface area contributed by atoms with Gasteiger partial charge in [-0.3, -0.25) is 13.8 Å². The summed E-state index contributed by atoms with van der Waals surface area (Å²) in [6.07, 6.45) is 83.3. The molecule has 0 rings (SSSR count). The van der Waals surface area contributed by atoms with Gasteiger partial charge in [0.15, 0.2) is 0 Å². The van der Waals surface area contributed by atoms with E-state index in [1.165, 1.54) is 225 Å². The lowest BCUT2D eigenvalue weighted by atomic mass is 10.0. The molecule has 0 aliphatic rings. The minimum Gasteiger partial charge on any atom is -0.387 e. The molecule has 0 bridgehead atoms. The number of aliphatic hydroxyl groups is 1. The number of phosphoric ester groups is 1. The molecule has 0 aromatic heterocycles. The quantitative estimate of drug-likeness (QED) is 0.0243. The number of nitrogens with one attached hydrogen (secondary N) is 1. The van der Waals surface area contributed by atoms with Crippen molar-refractivity contribution < 1.29 is 32.9 Å². The van der Waals surface area contributed by atoms with E-state index >= 15 is 0 Å². The first kappa shape index (κ1) is 75.9. The minimum atomic E-state index is -4.36. The third-order valence-electron chi connectivity index (χ3n) is 14.9. The third kappa shape index (κ3) is 61.6. The first-order chi connectivity index (χ1) is 38.0. The second-order valence-corrected chi connectivity index (χ2v) is 25.3. The van der Waals surface area contributed by atoms with Crippen molar-refractivity contribution in [3.05, 3.63) is 72.9 Å². The fourth-order valence-electron chi connectivity index (χ4n) is 9.76. The van der Waals surface area contributed by atoms with Gasteiger partial charge in [0.1, 0.15) is 13.2 Å². The van der Waals surface area contributed by atoms with Gasteiger partial charge in [0.2, 0.25) is 5.91 Å².